The molecule has 2 N–H and O–H groups in total. The molecule has 0 amide bonds. The summed E-state index contributed by atoms with van der Waals surface area (Å²) in [5.41, 5.74) is 4.71. The number of hydrogen-bond donors (Lipinski definition) is 1. The lowest BCUT2D eigenvalue weighted by atomic mass is 9.88. The highest BCUT2D eigenvalue weighted by molar-refractivity contribution is 5.81. The molecule has 0 spiro atoms. The highest BCUT2D eigenvalue weighted by atomic mass is 16.7. The minimum atomic E-state index is -1.56. The number of nitrogens with two attached hydrogens (primary N) is 1. The lowest BCUT2D eigenvalue weighted by Crippen LogP contribution is -2.51. The van der Waals surface area contributed by atoms with Crippen LogP contribution < -0.4 is 15.2 Å². The number of carbonyl (C=O) groups is 4. The summed E-state index contributed by atoms with van der Waals surface area (Å²) in [6, 6.07) is 4.35. The first kappa shape index (κ1) is 34.7. The van der Waals surface area contributed by atoms with Gasteiger partial charge in [-0.2, -0.15) is 0 Å². The molecule has 0 aromatic heterocycles. The Kier molecular flexibility index (Phi) is 13.4. The Hall–Kier alpha value is -3.34. The zero-order valence-corrected chi connectivity index (χ0v) is 25.0. The SMILES string of the molecule is CCCCC(=O)OCC[C@@](N)(Cc1ccc(OC(=O)OCC(C)(C)C)c(OC(=O)OCC(C)(C)C)c1)C(=O)OC. The van der Waals surface area contributed by atoms with Crippen molar-refractivity contribution in [3.8, 4) is 11.5 Å². The van der Waals surface area contributed by atoms with Crippen LogP contribution in [0.4, 0.5) is 9.59 Å². The molecule has 0 unspecified atom stereocenters. The molecule has 1 atom stereocenters. The van der Waals surface area contributed by atoms with Crippen LogP contribution in [-0.2, 0) is 35.0 Å². The maximum atomic E-state index is 12.6. The number of esters is 2. The fourth-order valence-electron chi connectivity index (χ4n) is 3.19. The highest BCUT2D eigenvalue weighted by Gasteiger charge is 2.36. The second kappa shape index (κ2) is 15.4. The normalized spacial score (nSPS) is 13.0. The molecule has 1 aromatic rings. The summed E-state index contributed by atoms with van der Waals surface area (Å²) in [4.78, 5) is 49.2. The van der Waals surface area contributed by atoms with Crippen LogP contribution in [-0.4, -0.2) is 56.7 Å². The van der Waals surface area contributed by atoms with Crippen LogP contribution in [0.15, 0.2) is 18.2 Å². The van der Waals surface area contributed by atoms with E-state index in [0.717, 1.165) is 6.42 Å². The fraction of sp³-hybridized carbons (Fsp3) is 0.655. The van der Waals surface area contributed by atoms with Gasteiger partial charge in [-0.05, 0) is 34.9 Å². The molecule has 0 fully saturated rings. The first-order valence-electron chi connectivity index (χ1n) is 13.3. The van der Waals surface area contributed by atoms with Gasteiger partial charge in [0.2, 0.25) is 0 Å². The molecule has 0 bridgehead atoms. The third-order valence-corrected chi connectivity index (χ3v) is 5.30. The first-order valence-corrected chi connectivity index (χ1v) is 13.3. The predicted molar refractivity (Wildman–Crippen MR) is 147 cm³/mol. The lowest BCUT2D eigenvalue weighted by Gasteiger charge is -2.27. The Labute approximate surface area is 236 Å². The Morgan fingerprint density at radius 2 is 1.38 bits per heavy atom. The van der Waals surface area contributed by atoms with Crippen molar-refractivity contribution >= 4 is 24.2 Å². The summed E-state index contributed by atoms with van der Waals surface area (Å²) in [5, 5.41) is 0. The van der Waals surface area contributed by atoms with E-state index in [-0.39, 0.29) is 67.4 Å². The van der Waals surface area contributed by atoms with Gasteiger partial charge in [0, 0.05) is 19.3 Å². The highest BCUT2D eigenvalue weighted by Crippen LogP contribution is 2.32. The number of rotatable bonds is 13. The summed E-state index contributed by atoms with van der Waals surface area (Å²) in [5.74, 6) is -1.32. The van der Waals surface area contributed by atoms with Gasteiger partial charge in [0.1, 0.15) is 5.54 Å². The predicted octanol–water partition coefficient (Wildman–Crippen LogP) is 5.35. The number of methoxy groups -OCH3 is 1. The number of hydrogen-bond acceptors (Lipinski definition) is 11. The maximum Gasteiger partial charge on any atom is 0.513 e. The van der Waals surface area contributed by atoms with Gasteiger partial charge in [0.25, 0.3) is 0 Å². The van der Waals surface area contributed by atoms with Crippen molar-refractivity contribution in [3.63, 3.8) is 0 Å². The summed E-state index contributed by atoms with van der Waals surface area (Å²) in [6.45, 7) is 13.4. The number of carbonyl (C=O) groups excluding carboxylic acids is 4. The Balaban J connectivity index is 3.17. The second-order valence-corrected chi connectivity index (χ2v) is 12.1. The van der Waals surface area contributed by atoms with Gasteiger partial charge in [-0.3, -0.25) is 9.59 Å². The van der Waals surface area contributed by atoms with Crippen LogP contribution in [0.25, 0.3) is 0 Å². The number of benzene rings is 1. The van der Waals surface area contributed by atoms with Crippen molar-refractivity contribution in [2.24, 2.45) is 16.6 Å². The largest absolute Gasteiger partial charge is 0.513 e. The molecule has 1 aromatic carbocycles. The summed E-state index contributed by atoms with van der Waals surface area (Å²) in [7, 11) is 1.21. The molecular formula is C29H45NO10. The van der Waals surface area contributed by atoms with Crippen LogP contribution in [0.3, 0.4) is 0 Å². The maximum absolute atomic E-state index is 12.6. The van der Waals surface area contributed by atoms with Gasteiger partial charge in [-0.15, -0.1) is 0 Å². The molecular weight excluding hydrogens is 522 g/mol. The van der Waals surface area contributed by atoms with Crippen LogP contribution in [0.2, 0.25) is 0 Å². The van der Waals surface area contributed by atoms with E-state index in [4.69, 9.17) is 34.2 Å². The molecule has 0 saturated carbocycles. The van der Waals surface area contributed by atoms with Crippen LogP contribution in [0.5, 0.6) is 11.5 Å². The van der Waals surface area contributed by atoms with Crippen molar-refractivity contribution in [1.29, 1.82) is 0 Å². The lowest BCUT2D eigenvalue weighted by molar-refractivity contribution is -0.151. The number of unbranched alkanes of at least 4 members (excludes halogenated alkanes) is 1. The molecule has 11 heteroatoms. The molecule has 40 heavy (non-hydrogen) atoms. The smallest absolute Gasteiger partial charge is 0.468 e. The summed E-state index contributed by atoms with van der Waals surface area (Å²) >= 11 is 0. The van der Waals surface area contributed by atoms with E-state index in [0.29, 0.717) is 12.0 Å². The molecule has 0 heterocycles. The molecule has 0 aliphatic heterocycles. The zero-order valence-electron chi connectivity index (χ0n) is 25.0. The Morgan fingerprint density at radius 1 is 0.825 bits per heavy atom. The molecule has 11 nitrogen and oxygen atoms in total. The van der Waals surface area contributed by atoms with Gasteiger partial charge >= 0.3 is 24.2 Å². The van der Waals surface area contributed by atoms with E-state index in [1.165, 1.54) is 19.2 Å². The van der Waals surface area contributed by atoms with Crippen LogP contribution >= 0.6 is 0 Å². The van der Waals surface area contributed by atoms with Gasteiger partial charge < -0.3 is 34.2 Å². The molecule has 0 saturated heterocycles. The van der Waals surface area contributed by atoms with Gasteiger partial charge in [-0.1, -0.05) is 61.0 Å². The van der Waals surface area contributed by atoms with Crippen molar-refractivity contribution in [2.75, 3.05) is 26.9 Å². The molecule has 0 aliphatic rings. The van der Waals surface area contributed by atoms with E-state index in [1.54, 1.807) is 6.07 Å². The quantitative estimate of drug-likeness (QED) is 0.187. The van der Waals surface area contributed by atoms with E-state index in [1.807, 2.05) is 48.5 Å². The first-order chi connectivity index (χ1) is 18.5. The van der Waals surface area contributed by atoms with Gasteiger partial charge in [0.05, 0.1) is 26.9 Å². The third-order valence-electron chi connectivity index (χ3n) is 5.30. The molecule has 226 valence electrons. The molecule has 0 radical (unpaired) electrons. The van der Waals surface area contributed by atoms with Crippen LogP contribution in [0.1, 0.15) is 79.7 Å². The number of ether oxygens (including phenoxy) is 6. The minimum absolute atomic E-state index is 0.0151. The van der Waals surface area contributed by atoms with E-state index < -0.39 is 23.8 Å². The van der Waals surface area contributed by atoms with Crippen molar-refractivity contribution in [1.82, 2.24) is 0 Å². The third kappa shape index (κ3) is 13.6. The Bertz CT molecular complexity index is 1010. The topological polar surface area (TPSA) is 150 Å². The zero-order chi connectivity index (χ0) is 30.6. The van der Waals surface area contributed by atoms with E-state index >= 15 is 0 Å². The summed E-state index contributed by atoms with van der Waals surface area (Å²) < 4.78 is 31.1. The monoisotopic (exact) mass is 567 g/mol. The fourth-order valence-corrected chi connectivity index (χ4v) is 3.19. The average molecular weight is 568 g/mol. The van der Waals surface area contributed by atoms with E-state index in [2.05, 4.69) is 0 Å². The van der Waals surface area contributed by atoms with Crippen molar-refractivity contribution in [2.45, 2.75) is 86.1 Å². The minimum Gasteiger partial charge on any atom is -0.468 e. The van der Waals surface area contributed by atoms with E-state index in [9.17, 15) is 19.2 Å². The summed E-state index contributed by atoms with van der Waals surface area (Å²) in [6.07, 6.45) is -0.247. The van der Waals surface area contributed by atoms with Crippen molar-refractivity contribution in [3.05, 3.63) is 23.8 Å². The van der Waals surface area contributed by atoms with Gasteiger partial charge in [0.15, 0.2) is 11.5 Å². The molecule has 0 aliphatic carbocycles. The average Bonchev–Trinajstić information content (AvgIpc) is 2.85. The Morgan fingerprint density at radius 3 is 1.88 bits per heavy atom. The molecule has 1 rings (SSSR count). The standard InChI is InChI=1S/C29H45NO10/c1-9-10-11-23(31)36-15-14-29(30,24(32)35-8)17-20-12-13-21(39-25(33)37-18-27(2,3)4)22(16-20)40-26(34)38-19-28(5,6)7/h12-13,16H,9-11,14-15,17-19,30H2,1-8H3/t29-/m1/s1. The van der Waals surface area contributed by atoms with Gasteiger partial charge in [-0.25, -0.2) is 9.59 Å². The van der Waals surface area contributed by atoms with Crippen LogP contribution in [0, 0.1) is 10.8 Å². The second-order valence-electron chi connectivity index (χ2n) is 12.1. The van der Waals surface area contributed by atoms with Crippen molar-refractivity contribution < 1.29 is 47.6 Å².